The fourth-order valence-corrected chi connectivity index (χ4v) is 1.42. The Labute approximate surface area is 78.6 Å². The van der Waals surface area contributed by atoms with Crippen LogP contribution in [0.1, 0.15) is 0 Å². The molecule has 0 spiro atoms. The van der Waals surface area contributed by atoms with Gasteiger partial charge in [-0.3, -0.25) is 0 Å². The first-order valence-electron chi connectivity index (χ1n) is 3.58. The van der Waals surface area contributed by atoms with Crippen molar-refractivity contribution in [2.75, 3.05) is 5.43 Å². The minimum absolute atomic E-state index is 0.580. The van der Waals surface area contributed by atoms with Crippen LogP contribution in [-0.2, 0) is 0 Å². The molecule has 0 aromatic carbocycles. The van der Waals surface area contributed by atoms with E-state index in [-0.39, 0.29) is 0 Å². The molecule has 2 aromatic heterocycles. The molecule has 0 saturated heterocycles. The van der Waals surface area contributed by atoms with E-state index in [0.717, 1.165) is 5.69 Å². The molecule has 0 radical (unpaired) electrons. The van der Waals surface area contributed by atoms with E-state index >= 15 is 0 Å². The molecule has 0 aliphatic heterocycles. The van der Waals surface area contributed by atoms with Gasteiger partial charge in [0.05, 0.1) is 5.51 Å². The number of anilines is 1. The van der Waals surface area contributed by atoms with E-state index < -0.39 is 0 Å². The number of hydrogen-bond donors (Lipinski definition) is 2. The number of nitrogens with zero attached hydrogens (tertiary/aromatic N) is 3. The SMILES string of the molecule is NNc1ccnc(-c2cscn2)n1. The molecule has 0 bridgehead atoms. The van der Waals surface area contributed by atoms with Gasteiger partial charge in [-0.1, -0.05) is 0 Å². The van der Waals surface area contributed by atoms with Crippen LogP contribution >= 0.6 is 11.3 Å². The van der Waals surface area contributed by atoms with Crippen molar-refractivity contribution in [1.29, 1.82) is 0 Å². The molecule has 0 fully saturated rings. The number of thiazole rings is 1. The predicted octanol–water partition coefficient (Wildman–Crippen LogP) is 0.886. The highest BCUT2D eigenvalue weighted by molar-refractivity contribution is 7.07. The summed E-state index contributed by atoms with van der Waals surface area (Å²) >= 11 is 1.51. The summed E-state index contributed by atoms with van der Waals surface area (Å²) in [7, 11) is 0. The highest BCUT2D eigenvalue weighted by atomic mass is 32.1. The Morgan fingerprint density at radius 2 is 2.31 bits per heavy atom. The van der Waals surface area contributed by atoms with Gasteiger partial charge < -0.3 is 5.43 Å². The van der Waals surface area contributed by atoms with Gasteiger partial charge in [0.15, 0.2) is 5.82 Å². The highest BCUT2D eigenvalue weighted by Gasteiger charge is 2.02. The maximum Gasteiger partial charge on any atom is 0.181 e. The van der Waals surface area contributed by atoms with Gasteiger partial charge in [0.1, 0.15) is 11.5 Å². The minimum Gasteiger partial charge on any atom is -0.308 e. The molecule has 0 aliphatic carbocycles. The second kappa shape index (κ2) is 3.46. The zero-order valence-corrected chi connectivity index (χ0v) is 7.45. The molecule has 66 valence electrons. The summed E-state index contributed by atoms with van der Waals surface area (Å²) in [6, 6.07) is 1.69. The summed E-state index contributed by atoms with van der Waals surface area (Å²) in [6.07, 6.45) is 1.64. The van der Waals surface area contributed by atoms with Gasteiger partial charge in [-0.15, -0.1) is 11.3 Å². The molecule has 2 rings (SSSR count). The molecule has 0 saturated carbocycles. The molecule has 2 aromatic rings. The summed E-state index contributed by atoms with van der Waals surface area (Å²) in [4.78, 5) is 12.3. The summed E-state index contributed by atoms with van der Waals surface area (Å²) in [5.74, 6) is 6.38. The van der Waals surface area contributed by atoms with E-state index in [2.05, 4.69) is 20.4 Å². The van der Waals surface area contributed by atoms with E-state index in [4.69, 9.17) is 5.84 Å². The molecular weight excluding hydrogens is 186 g/mol. The Hall–Kier alpha value is -1.53. The number of rotatable bonds is 2. The maximum atomic E-state index is 5.21. The van der Waals surface area contributed by atoms with Gasteiger partial charge in [0.2, 0.25) is 0 Å². The third-order valence-corrected chi connectivity index (χ3v) is 2.05. The van der Waals surface area contributed by atoms with E-state index in [9.17, 15) is 0 Å². The zero-order chi connectivity index (χ0) is 9.10. The van der Waals surface area contributed by atoms with Crippen LogP contribution in [0.3, 0.4) is 0 Å². The van der Waals surface area contributed by atoms with Crippen LogP contribution in [0.15, 0.2) is 23.2 Å². The largest absolute Gasteiger partial charge is 0.308 e. The van der Waals surface area contributed by atoms with Crippen molar-refractivity contribution in [2.45, 2.75) is 0 Å². The van der Waals surface area contributed by atoms with E-state index in [0.29, 0.717) is 11.6 Å². The normalized spacial score (nSPS) is 9.92. The highest BCUT2D eigenvalue weighted by Crippen LogP contribution is 2.14. The van der Waals surface area contributed by atoms with Crippen LogP contribution in [-0.4, -0.2) is 15.0 Å². The molecule has 0 amide bonds. The summed E-state index contributed by atoms with van der Waals surface area (Å²) in [5.41, 5.74) is 4.96. The van der Waals surface area contributed by atoms with Crippen LogP contribution < -0.4 is 11.3 Å². The maximum absolute atomic E-state index is 5.21. The Balaban J connectivity index is 2.41. The molecule has 3 N–H and O–H groups in total. The van der Waals surface area contributed by atoms with Gasteiger partial charge in [-0.2, -0.15) is 0 Å². The van der Waals surface area contributed by atoms with Crippen molar-refractivity contribution in [1.82, 2.24) is 15.0 Å². The van der Waals surface area contributed by atoms with Gasteiger partial charge in [-0.05, 0) is 0 Å². The van der Waals surface area contributed by atoms with Gasteiger partial charge >= 0.3 is 0 Å². The fraction of sp³-hybridized carbons (Fsp3) is 0. The van der Waals surface area contributed by atoms with Gasteiger partial charge in [0, 0.05) is 17.6 Å². The molecule has 6 heteroatoms. The van der Waals surface area contributed by atoms with Gasteiger partial charge in [-0.25, -0.2) is 20.8 Å². The first-order chi connectivity index (χ1) is 6.40. The van der Waals surface area contributed by atoms with Crippen molar-refractivity contribution in [3.63, 3.8) is 0 Å². The first kappa shape index (κ1) is 8.09. The summed E-state index contributed by atoms with van der Waals surface area (Å²) in [6.45, 7) is 0. The Morgan fingerprint density at radius 3 is 3.00 bits per heavy atom. The van der Waals surface area contributed by atoms with Crippen molar-refractivity contribution in [3.8, 4) is 11.5 Å². The average Bonchev–Trinajstić information content (AvgIpc) is 2.71. The second-order valence-corrected chi connectivity index (χ2v) is 3.00. The smallest absolute Gasteiger partial charge is 0.181 e. The lowest BCUT2D eigenvalue weighted by Gasteiger charge is -1.99. The first-order valence-corrected chi connectivity index (χ1v) is 4.52. The Bertz CT molecular complexity index is 386. The lowest BCUT2D eigenvalue weighted by Crippen LogP contribution is -2.09. The summed E-state index contributed by atoms with van der Waals surface area (Å²) in [5, 5.41) is 1.88. The van der Waals surface area contributed by atoms with E-state index in [1.807, 2.05) is 5.38 Å². The minimum atomic E-state index is 0.580. The van der Waals surface area contributed by atoms with Crippen molar-refractivity contribution in [2.24, 2.45) is 5.84 Å². The number of nitrogen functional groups attached to an aromatic ring is 1. The van der Waals surface area contributed by atoms with Crippen LogP contribution in [0.4, 0.5) is 5.82 Å². The fourth-order valence-electron chi connectivity index (χ4n) is 0.885. The number of nitrogens with one attached hydrogen (secondary N) is 1. The molecule has 0 aliphatic rings. The van der Waals surface area contributed by atoms with Crippen molar-refractivity contribution in [3.05, 3.63) is 23.2 Å². The monoisotopic (exact) mass is 193 g/mol. The third kappa shape index (κ3) is 1.63. The predicted molar refractivity (Wildman–Crippen MR) is 51.0 cm³/mol. The second-order valence-electron chi connectivity index (χ2n) is 2.28. The lowest BCUT2D eigenvalue weighted by atomic mass is 10.4. The molecule has 0 atom stereocenters. The topological polar surface area (TPSA) is 76.7 Å². The number of hydrogen-bond acceptors (Lipinski definition) is 6. The van der Waals surface area contributed by atoms with E-state index in [1.54, 1.807) is 17.8 Å². The van der Waals surface area contributed by atoms with Crippen LogP contribution in [0.2, 0.25) is 0 Å². The Kier molecular flexibility index (Phi) is 2.15. The molecule has 2 heterocycles. The van der Waals surface area contributed by atoms with Crippen LogP contribution in [0.5, 0.6) is 0 Å². The van der Waals surface area contributed by atoms with Crippen LogP contribution in [0, 0.1) is 0 Å². The van der Waals surface area contributed by atoms with Crippen LogP contribution in [0.25, 0.3) is 11.5 Å². The quantitative estimate of drug-likeness (QED) is 0.547. The third-order valence-electron chi connectivity index (χ3n) is 1.46. The zero-order valence-electron chi connectivity index (χ0n) is 6.64. The molecule has 0 unspecified atom stereocenters. The standard InChI is InChI=1S/C7H7N5S/c8-12-6-1-2-9-7(11-6)5-3-13-4-10-5/h1-4H,8H2,(H,9,11,12). The summed E-state index contributed by atoms with van der Waals surface area (Å²) < 4.78 is 0. The molecular formula is C7H7N5S. The van der Waals surface area contributed by atoms with Crippen molar-refractivity contribution < 1.29 is 0 Å². The molecule has 13 heavy (non-hydrogen) atoms. The molecule has 5 nitrogen and oxygen atoms in total. The van der Waals surface area contributed by atoms with E-state index in [1.165, 1.54) is 11.3 Å². The lowest BCUT2D eigenvalue weighted by molar-refractivity contribution is 1.13. The Morgan fingerprint density at radius 1 is 1.38 bits per heavy atom. The number of nitrogens with two attached hydrogens (primary N) is 1. The van der Waals surface area contributed by atoms with Crippen molar-refractivity contribution >= 4 is 17.2 Å². The number of aromatic nitrogens is 3. The average molecular weight is 193 g/mol. The number of hydrazine groups is 1. The van der Waals surface area contributed by atoms with Gasteiger partial charge in [0.25, 0.3) is 0 Å².